The lowest BCUT2D eigenvalue weighted by atomic mass is 9.96. The summed E-state index contributed by atoms with van der Waals surface area (Å²) in [5.41, 5.74) is 0.536. The van der Waals surface area contributed by atoms with E-state index in [1.165, 1.54) is 12.1 Å². The lowest BCUT2D eigenvalue weighted by Crippen LogP contribution is -2.38. The van der Waals surface area contributed by atoms with Crippen molar-refractivity contribution in [1.82, 2.24) is 5.32 Å². The van der Waals surface area contributed by atoms with Crippen LogP contribution >= 0.6 is 12.2 Å². The zero-order chi connectivity index (χ0) is 13.1. The van der Waals surface area contributed by atoms with Gasteiger partial charge in [0.2, 0.25) is 5.91 Å². The van der Waals surface area contributed by atoms with Gasteiger partial charge in [0, 0.05) is 5.41 Å². The van der Waals surface area contributed by atoms with Crippen LogP contribution in [0.1, 0.15) is 26.3 Å². The van der Waals surface area contributed by atoms with Crippen molar-refractivity contribution in [1.29, 1.82) is 0 Å². The summed E-state index contributed by atoms with van der Waals surface area (Å²) in [5, 5.41) is 2.68. The molecule has 0 heterocycles. The fraction of sp³-hybridized carbons (Fsp3) is 0.385. The van der Waals surface area contributed by atoms with Crippen LogP contribution in [0.25, 0.3) is 0 Å². The van der Waals surface area contributed by atoms with Gasteiger partial charge in [0.25, 0.3) is 0 Å². The van der Waals surface area contributed by atoms with Crippen LogP contribution in [0.4, 0.5) is 4.39 Å². The summed E-state index contributed by atoms with van der Waals surface area (Å²) in [7, 11) is 0. The highest BCUT2D eigenvalue weighted by molar-refractivity contribution is 7.80. The fourth-order valence-corrected chi connectivity index (χ4v) is 1.26. The van der Waals surface area contributed by atoms with Crippen molar-refractivity contribution in [3.63, 3.8) is 0 Å². The Morgan fingerprint density at radius 2 is 1.82 bits per heavy atom. The third kappa shape index (κ3) is 4.61. The van der Waals surface area contributed by atoms with Crippen molar-refractivity contribution in [2.75, 3.05) is 0 Å². The first-order chi connectivity index (χ1) is 7.79. The smallest absolute Gasteiger partial charge is 0.229 e. The summed E-state index contributed by atoms with van der Waals surface area (Å²) >= 11 is 5.11. The molecule has 0 saturated carbocycles. The molecule has 2 nitrogen and oxygen atoms in total. The van der Waals surface area contributed by atoms with E-state index < -0.39 is 0 Å². The monoisotopic (exact) mass is 253 g/mol. The van der Waals surface area contributed by atoms with E-state index in [2.05, 4.69) is 5.32 Å². The number of halogens is 1. The second-order valence-electron chi connectivity index (χ2n) is 4.93. The number of thiocarbonyl (C=S) groups is 1. The molecule has 1 N–H and O–H groups in total. The first-order valence-electron chi connectivity index (χ1n) is 5.38. The van der Waals surface area contributed by atoms with Crippen LogP contribution in [0.3, 0.4) is 0 Å². The molecule has 0 aliphatic heterocycles. The van der Waals surface area contributed by atoms with Gasteiger partial charge in [-0.15, -0.1) is 0 Å². The molecule has 1 aromatic rings. The van der Waals surface area contributed by atoms with Gasteiger partial charge in [-0.1, -0.05) is 45.1 Å². The first kappa shape index (κ1) is 13.8. The second-order valence-corrected chi connectivity index (χ2v) is 5.34. The molecule has 1 amide bonds. The number of carbonyl (C=O) groups is 1. The molecule has 0 bridgehead atoms. The van der Waals surface area contributed by atoms with Gasteiger partial charge in [-0.25, -0.2) is 4.39 Å². The lowest BCUT2D eigenvalue weighted by Gasteiger charge is -2.20. The molecule has 92 valence electrons. The van der Waals surface area contributed by atoms with E-state index in [9.17, 15) is 9.18 Å². The van der Waals surface area contributed by atoms with Gasteiger partial charge in [0.15, 0.2) is 0 Å². The van der Waals surface area contributed by atoms with Crippen LogP contribution in [0.15, 0.2) is 24.3 Å². The molecule has 0 fully saturated rings. The summed E-state index contributed by atoms with van der Waals surface area (Å²) in [6.45, 7) is 5.81. The number of benzene rings is 1. The van der Waals surface area contributed by atoms with Gasteiger partial charge >= 0.3 is 0 Å². The average Bonchev–Trinajstić information content (AvgIpc) is 2.20. The molecule has 0 radical (unpaired) electrons. The Labute approximate surface area is 106 Å². The maximum Gasteiger partial charge on any atom is 0.229 e. The molecule has 1 aromatic carbocycles. The van der Waals surface area contributed by atoms with Crippen LogP contribution in [0.5, 0.6) is 0 Å². The minimum atomic E-state index is -0.306. The fourth-order valence-electron chi connectivity index (χ4n) is 1.15. The summed E-state index contributed by atoms with van der Waals surface area (Å²) in [6.07, 6.45) is 0.205. The van der Waals surface area contributed by atoms with E-state index in [-0.39, 0.29) is 23.6 Å². The Hall–Kier alpha value is -1.29. The van der Waals surface area contributed by atoms with Crippen LogP contribution < -0.4 is 5.32 Å². The Morgan fingerprint density at radius 1 is 1.29 bits per heavy atom. The number of hydrogen-bond donors (Lipinski definition) is 1. The Kier molecular flexibility index (Phi) is 4.34. The van der Waals surface area contributed by atoms with Gasteiger partial charge in [-0.2, -0.15) is 0 Å². The van der Waals surface area contributed by atoms with E-state index in [1.54, 1.807) is 12.1 Å². The predicted octanol–water partition coefficient (Wildman–Crippen LogP) is 2.86. The molecule has 0 spiro atoms. The molecule has 4 heteroatoms. The summed E-state index contributed by atoms with van der Waals surface area (Å²) in [4.78, 5) is 12.2. The van der Waals surface area contributed by atoms with Crippen LogP contribution in [0.2, 0.25) is 0 Å². The molecular formula is C13H16FNOS. The van der Waals surface area contributed by atoms with Gasteiger partial charge in [-0.05, 0) is 17.7 Å². The van der Waals surface area contributed by atoms with Crippen LogP contribution in [-0.2, 0) is 11.2 Å². The molecule has 0 aliphatic carbocycles. The van der Waals surface area contributed by atoms with E-state index >= 15 is 0 Å². The van der Waals surface area contributed by atoms with Crippen LogP contribution in [0, 0.1) is 11.2 Å². The Bertz CT molecular complexity index is 420. The maximum absolute atomic E-state index is 12.7. The maximum atomic E-state index is 12.7. The minimum absolute atomic E-state index is 0.170. The van der Waals surface area contributed by atoms with Gasteiger partial charge in [0.05, 0.1) is 11.4 Å². The van der Waals surface area contributed by atoms with E-state index in [0.29, 0.717) is 4.99 Å². The molecule has 0 atom stereocenters. The largest absolute Gasteiger partial charge is 0.320 e. The third-order valence-electron chi connectivity index (χ3n) is 2.21. The van der Waals surface area contributed by atoms with Crippen molar-refractivity contribution in [2.45, 2.75) is 27.2 Å². The number of nitrogens with one attached hydrogen (secondary N) is 1. The average molecular weight is 253 g/mol. The highest BCUT2D eigenvalue weighted by atomic mass is 32.1. The quantitative estimate of drug-likeness (QED) is 0.821. The summed E-state index contributed by atoms with van der Waals surface area (Å²) < 4.78 is 12.7. The van der Waals surface area contributed by atoms with Crippen molar-refractivity contribution >= 4 is 23.1 Å². The minimum Gasteiger partial charge on any atom is -0.320 e. The summed E-state index contributed by atoms with van der Waals surface area (Å²) in [5.74, 6) is -0.476. The Balaban J connectivity index is 2.56. The number of carbonyl (C=O) groups excluding carboxylic acids is 1. The highest BCUT2D eigenvalue weighted by Gasteiger charge is 2.18. The molecular weight excluding hydrogens is 237 g/mol. The third-order valence-corrected chi connectivity index (χ3v) is 2.93. The molecule has 0 aliphatic rings. The van der Waals surface area contributed by atoms with Gasteiger partial charge in [0.1, 0.15) is 5.82 Å². The van der Waals surface area contributed by atoms with Gasteiger partial charge < -0.3 is 5.32 Å². The first-order valence-corrected chi connectivity index (χ1v) is 5.78. The van der Waals surface area contributed by atoms with Crippen LogP contribution in [-0.4, -0.2) is 10.9 Å². The van der Waals surface area contributed by atoms with Crippen molar-refractivity contribution in [2.24, 2.45) is 5.41 Å². The van der Waals surface area contributed by atoms with Crippen molar-refractivity contribution in [3.8, 4) is 0 Å². The van der Waals surface area contributed by atoms with Crippen molar-refractivity contribution < 1.29 is 9.18 Å². The molecule has 0 aromatic heterocycles. The standard InChI is InChI=1S/C13H16FNOS/c1-13(2,3)12(17)15-11(16)8-9-4-6-10(14)7-5-9/h4-7H,8H2,1-3H3,(H,15,16,17). The van der Waals surface area contributed by atoms with E-state index in [1.807, 2.05) is 20.8 Å². The SMILES string of the molecule is CC(C)(C)C(=S)NC(=O)Cc1ccc(F)cc1. The predicted molar refractivity (Wildman–Crippen MR) is 70.3 cm³/mol. The van der Waals surface area contributed by atoms with Crippen molar-refractivity contribution in [3.05, 3.63) is 35.6 Å². The topological polar surface area (TPSA) is 29.1 Å². The molecule has 0 saturated heterocycles. The molecule has 17 heavy (non-hydrogen) atoms. The van der Waals surface area contributed by atoms with E-state index in [4.69, 9.17) is 12.2 Å². The Morgan fingerprint density at radius 3 is 2.29 bits per heavy atom. The summed E-state index contributed by atoms with van der Waals surface area (Å²) in [6, 6.07) is 5.86. The number of hydrogen-bond acceptors (Lipinski definition) is 2. The molecule has 0 unspecified atom stereocenters. The number of rotatable bonds is 2. The highest BCUT2D eigenvalue weighted by Crippen LogP contribution is 2.14. The molecule has 1 rings (SSSR count). The zero-order valence-electron chi connectivity index (χ0n) is 10.2. The lowest BCUT2D eigenvalue weighted by molar-refractivity contribution is -0.119. The zero-order valence-corrected chi connectivity index (χ0v) is 11.0. The van der Waals surface area contributed by atoms with E-state index in [0.717, 1.165) is 5.56 Å². The number of amides is 1. The second kappa shape index (κ2) is 5.36. The normalized spacial score (nSPS) is 11.1. The van der Waals surface area contributed by atoms with Gasteiger partial charge in [-0.3, -0.25) is 4.79 Å².